The van der Waals surface area contributed by atoms with Crippen LogP contribution in [0.3, 0.4) is 0 Å². The molecule has 19 heavy (non-hydrogen) atoms. The maximum Gasteiger partial charge on any atom is 0.253 e. The summed E-state index contributed by atoms with van der Waals surface area (Å²) in [6.07, 6.45) is 1.19. The number of halogens is 1. The maximum absolute atomic E-state index is 12.2. The van der Waals surface area contributed by atoms with Crippen LogP contribution in [-0.4, -0.2) is 30.5 Å². The van der Waals surface area contributed by atoms with Crippen molar-refractivity contribution < 1.29 is 4.79 Å². The summed E-state index contributed by atoms with van der Waals surface area (Å²) in [5.41, 5.74) is 1.46. The summed E-state index contributed by atoms with van der Waals surface area (Å²) in [5, 5.41) is 6.79. The van der Waals surface area contributed by atoms with Crippen LogP contribution >= 0.6 is 23.4 Å². The molecule has 1 amide bonds. The largest absolute Gasteiger partial charge is 0.385 e. The topological polar surface area (TPSA) is 41.1 Å². The Balaban J connectivity index is 2.02. The van der Waals surface area contributed by atoms with Crippen molar-refractivity contribution in [3.05, 3.63) is 28.8 Å². The quantitative estimate of drug-likeness (QED) is 0.877. The van der Waals surface area contributed by atoms with Gasteiger partial charge in [-0.05, 0) is 49.0 Å². The summed E-state index contributed by atoms with van der Waals surface area (Å²) in [5.74, 6) is 2.92. The Labute approximate surface area is 123 Å². The number of benzene rings is 1. The van der Waals surface area contributed by atoms with E-state index in [9.17, 15) is 4.79 Å². The molecule has 0 aliphatic carbocycles. The third-order valence-electron chi connectivity index (χ3n) is 3.17. The van der Waals surface area contributed by atoms with E-state index in [4.69, 9.17) is 11.6 Å². The Bertz CT molecular complexity index is 447. The highest BCUT2D eigenvalue weighted by atomic mass is 35.5. The number of carbonyl (C=O) groups excluding carboxylic acids is 1. The number of hydrogen-bond donors (Lipinski definition) is 2. The molecule has 104 valence electrons. The summed E-state index contributed by atoms with van der Waals surface area (Å²) in [7, 11) is 0. The lowest BCUT2D eigenvalue weighted by Crippen LogP contribution is -2.29. The lowest BCUT2D eigenvalue weighted by molar-refractivity contribution is 0.0949. The molecule has 1 atom stereocenters. The van der Waals surface area contributed by atoms with E-state index in [1.165, 1.54) is 12.2 Å². The molecule has 0 bridgehead atoms. The summed E-state index contributed by atoms with van der Waals surface area (Å²) in [6.45, 7) is 3.54. The highest BCUT2D eigenvalue weighted by Gasteiger charge is 2.18. The molecule has 1 aliphatic heterocycles. The first-order valence-electron chi connectivity index (χ1n) is 6.60. The molecule has 1 aromatic carbocycles. The molecule has 0 saturated carbocycles. The number of nitrogens with one attached hydrogen (secondary N) is 2. The zero-order chi connectivity index (χ0) is 13.7. The Morgan fingerprint density at radius 1 is 1.53 bits per heavy atom. The Hall–Kier alpha value is -0.870. The first kappa shape index (κ1) is 14.5. The second kappa shape index (κ2) is 7.06. The Kier molecular flexibility index (Phi) is 5.40. The van der Waals surface area contributed by atoms with Crippen LogP contribution in [0.2, 0.25) is 5.02 Å². The van der Waals surface area contributed by atoms with Crippen molar-refractivity contribution in [2.75, 3.05) is 29.9 Å². The highest BCUT2D eigenvalue weighted by molar-refractivity contribution is 7.99. The van der Waals surface area contributed by atoms with Crippen LogP contribution in [0.25, 0.3) is 0 Å². The van der Waals surface area contributed by atoms with Crippen molar-refractivity contribution in [3.63, 3.8) is 0 Å². The summed E-state index contributed by atoms with van der Waals surface area (Å²) >= 11 is 7.94. The average Bonchev–Trinajstić information content (AvgIpc) is 2.91. The van der Waals surface area contributed by atoms with E-state index in [1.807, 2.05) is 24.8 Å². The van der Waals surface area contributed by atoms with Gasteiger partial charge in [0.05, 0.1) is 5.56 Å². The second-order valence-corrected chi connectivity index (χ2v) is 6.25. The van der Waals surface area contributed by atoms with Crippen LogP contribution in [0.5, 0.6) is 0 Å². The minimum absolute atomic E-state index is 0.0460. The predicted octanol–water partition coefficient (Wildman–Crippen LogP) is 3.25. The zero-order valence-electron chi connectivity index (χ0n) is 11.0. The van der Waals surface area contributed by atoms with Crippen LogP contribution in [-0.2, 0) is 0 Å². The van der Waals surface area contributed by atoms with Crippen LogP contribution in [0.4, 0.5) is 5.69 Å². The van der Waals surface area contributed by atoms with Crippen molar-refractivity contribution >= 4 is 35.0 Å². The molecule has 1 aromatic rings. The molecule has 0 spiro atoms. The van der Waals surface area contributed by atoms with E-state index in [0.717, 1.165) is 24.5 Å². The van der Waals surface area contributed by atoms with Crippen molar-refractivity contribution in [3.8, 4) is 0 Å². The molecule has 1 saturated heterocycles. The molecule has 2 rings (SSSR count). The zero-order valence-corrected chi connectivity index (χ0v) is 12.6. The van der Waals surface area contributed by atoms with E-state index in [2.05, 4.69) is 10.6 Å². The lowest BCUT2D eigenvalue weighted by atomic mass is 10.1. The number of rotatable bonds is 5. The summed E-state index contributed by atoms with van der Waals surface area (Å²) in [4.78, 5) is 12.2. The van der Waals surface area contributed by atoms with Gasteiger partial charge in [-0.2, -0.15) is 11.8 Å². The molecular weight excluding hydrogens is 280 g/mol. The molecular formula is C14H19ClN2OS. The first-order valence-corrected chi connectivity index (χ1v) is 8.13. The van der Waals surface area contributed by atoms with Crippen LogP contribution in [0.1, 0.15) is 23.7 Å². The van der Waals surface area contributed by atoms with Crippen molar-refractivity contribution in [1.29, 1.82) is 0 Å². The molecule has 0 aromatic heterocycles. The van der Waals surface area contributed by atoms with Crippen molar-refractivity contribution in [2.45, 2.75) is 13.3 Å². The predicted molar refractivity (Wildman–Crippen MR) is 83.4 cm³/mol. The van der Waals surface area contributed by atoms with Gasteiger partial charge in [-0.25, -0.2) is 0 Å². The monoisotopic (exact) mass is 298 g/mol. The van der Waals surface area contributed by atoms with Gasteiger partial charge < -0.3 is 10.6 Å². The first-order chi connectivity index (χ1) is 9.20. The maximum atomic E-state index is 12.2. The average molecular weight is 299 g/mol. The van der Waals surface area contributed by atoms with Gasteiger partial charge in [0.1, 0.15) is 0 Å². The van der Waals surface area contributed by atoms with Gasteiger partial charge in [0.2, 0.25) is 0 Å². The standard InChI is InChI=1S/C14H19ClN2OS/c1-2-16-13-4-3-11(15)7-12(13)14(18)17-8-10-5-6-19-9-10/h3-4,7,10,16H,2,5-6,8-9H2,1H3,(H,17,18). The normalized spacial score (nSPS) is 18.3. The molecule has 2 N–H and O–H groups in total. The van der Waals surface area contributed by atoms with Gasteiger partial charge in [-0.1, -0.05) is 11.6 Å². The summed E-state index contributed by atoms with van der Waals surface area (Å²) in [6, 6.07) is 5.37. The van der Waals surface area contributed by atoms with Gasteiger partial charge in [-0.15, -0.1) is 0 Å². The molecule has 3 nitrogen and oxygen atoms in total. The number of hydrogen-bond acceptors (Lipinski definition) is 3. The van der Waals surface area contributed by atoms with Gasteiger partial charge in [0.25, 0.3) is 5.91 Å². The van der Waals surface area contributed by atoms with Crippen molar-refractivity contribution in [1.82, 2.24) is 5.32 Å². The van der Waals surface area contributed by atoms with E-state index in [-0.39, 0.29) is 5.91 Å². The molecule has 0 radical (unpaired) electrons. The third kappa shape index (κ3) is 4.05. The number of amides is 1. The Morgan fingerprint density at radius 3 is 3.05 bits per heavy atom. The minimum atomic E-state index is -0.0460. The van der Waals surface area contributed by atoms with Crippen molar-refractivity contribution in [2.24, 2.45) is 5.92 Å². The Morgan fingerprint density at radius 2 is 2.37 bits per heavy atom. The van der Waals surface area contributed by atoms with E-state index < -0.39 is 0 Å². The number of thioether (sulfide) groups is 1. The van der Waals surface area contributed by atoms with Gasteiger partial charge in [0.15, 0.2) is 0 Å². The lowest BCUT2D eigenvalue weighted by Gasteiger charge is -2.13. The van der Waals surface area contributed by atoms with E-state index in [0.29, 0.717) is 16.5 Å². The summed E-state index contributed by atoms with van der Waals surface area (Å²) < 4.78 is 0. The number of carbonyl (C=O) groups is 1. The smallest absolute Gasteiger partial charge is 0.253 e. The third-order valence-corrected chi connectivity index (χ3v) is 4.64. The van der Waals surface area contributed by atoms with E-state index >= 15 is 0 Å². The molecule has 1 unspecified atom stereocenters. The SMILES string of the molecule is CCNc1ccc(Cl)cc1C(=O)NCC1CCSC1. The molecule has 1 aliphatic rings. The van der Waals surface area contributed by atoms with Gasteiger partial charge in [-0.3, -0.25) is 4.79 Å². The second-order valence-electron chi connectivity index (χ2n) is 4.66. The number of anilines is 1. The molecule has 1 heterocycles. The van der Waals surface area contributed by atoms with Gasteiger partial charge >= 0.3 is 0 Å². The fourth-order valence-electron chi connectivity index (χ4n) is 2.13. The fourth-order valence-corrected chi connectivity index (χ4v) is 3.58. The highest BCUT2D eigenvalue weighted by Crippen LogP contribution is 2.23. The van der Waals surface area contributed by atoms with Crippen LogP contribution in [0.15, 0.2) is 18.2 Å². The fraction of sp³-hybridized carbons (Fsp3) is 0.500. The minimum Gasteiger partial charge on any atom is -0.385 e. The molecule has 1 fully saturated rings. The van der Waals surface area contributed by atoms with E-state index in [1.54, 1.807) is 12.1 Å². The van der Waals surface area contributed by atoms with Gasteiger partial charge in [0, 0.05) is 23.8 Å². The van der Waals surface area contributed by atoms with Crippen LogP contribution < -0.4 is 10.6 Å². The molecule has 5 heteroatoms. The van der Waals surface area contributed by atoms with Crippen LogP contribution in [0, 0.1) is 5.92 Å².